The van der Waals surface area contributed by atoms with E-state index in [1.807, 2.05) is 31.2 Å². The molecule has 0 heterocycles. The molecule has 1 aromatic carbocycles. The minimum absolute atomic E-state index is 0.130. The van der Waals surface area contributed by atoms with Crippen LogP contribution in [0.3, 0.4) is 0 Å². The van der Waals surface area contributed by atoms with Crippen LogP contribution in [0.1, 0.15) is 18.9 Å². The van der Waals surface area contributed by atoms with Gasteiger partial charge in [0.25, 0.3) is 0 Å². The number of methoxy groups -OCH3 is 2. The second-order valence-electron chi connectivity index (χ2n) is 4.20. The van der Waals surface area contributed by atoms with Gasteiger partial charge in [0.15, 0.2) is 0 Å². The number of esters is 1. The summed E-state index contributed by atoms with van der Waals surface area (Å²) in [7, 11) is 2.92. The highest BCUT2D eigenvalue weighted by Crippen LogP contribution is 2.29. The average Bonchev–Trinajstić information content (AvgIpc) is 2.38. The highest BCUT2D eigenvalue weighted by molar-refractivity contribution is 5.71. The summed E-state index contributed by atoms with van der Waals surface area (Å²) in [4.78, 5) is 11.3. The molecule has 0 spiro atoms. The van der Waals surface area contributed by atoms with Crippen LogP contribution < -0.4 is 4.74 Å². The SMILES string of the molecule is COC(=O)CC(C)(CO)c1cccc(OC)c1. The average molecular weight is 238 g/mol. The van der Waals surface area contributed by atoms with Crippen molar-refractivity contribution >= 4 is 5.97 Å². The Bertz CT molecular complexity index is 389. The molecule has 0 aliphatic heterocycles. The number of carbonyl (C=O) groups is 1. The third-order valence-electron chi connectivity index (χ3n) is 2.88. The third-order valence-corrected chi connectivity index (χ3v) is 2.88. The predicted octanol–water partition coefficient (Wildman–Crippen LogP) is 1.51. The Labute approximate surface area is 101 Å². The molecule has 1 N–H and O–H groups in total. The molecule has 1 atom stereocenters. The summed E-state index contributed by atoms with van der Waals surface area (Å²) in [5.74, 6) is 0.358. The molecule has 0 aliphatic rings. The summed E-state index contributed by atoms with van der Waals surface area (Å²) >= 11 is 0. The van der Waals surface area contributed by atoms with Crippen molar-refractivity contribution < 1.29 is 19.4 Å². The molecule has 4 nitrogen and oxygen atoms in total. The van der Waals surface area contributed by atoms with Gasteiger partial charge in [-0.15, -0.1) is 0 Å². The van der Waals surface area contributed by atoms with Crippen LogP contribution in [-0.4, -0.2) is 31.9 Å². The van der Waals surface area contributed by atoms with Crippen molar-refractivity contribution in [2.75, 3.05) is 20.8 Å². The monoisotopic (exact) mass is 238 g/mol. The molecular formula is C13H18O4. The normalized spacial score (nSPS) is 13.9. The lowest BCUT2D eigenvalue weighted by atomic mass is 9.80. The van der Waals surface area contributed by atoms with Gasteiger partial charge in [0, 0.05) is 5.41 Å². The van der Waals surface area contributed by atoms with E-state index in [0.717, 1.165) is 5.56 Å². The maximum Gasteiger partial charge on any atom is 0.306 e. The van der Waals surface area contributed by atoms with Crippen LogP contribution in [0.25, 0.3) is 0 Å². The zero-order valence-corrected chi connectivity index (χ0v) is 10.4. The number of rotatable bonds is 5. The van der Waals surface area contributed by atoms with Gasteiger partial charge in [0.05, 0.1) is 27.2 Å². The van der Waals surface area contributed by atoms with E-state index in [4.69, 9.17) is 4.74 Å². The van der Waals surface area contributed by atoms with Crippen molar-refractivity contribution in [1.29, 1.82) is 0 Å². The van der Waals surface area contributed by atoms with E-state index in [-0.39, 0.29) is 19.0 Å². The van der Waals surface area contributed by atoms with Crippen LogP contribution in [-0.2, 0) is 14.9 Å². The number of ether oxygens (including phenoxy) is 2. The molecule has 1 aromatic rings. The van der Waals surface area contributed by atoms with Gasteiger partial charge in [0.2, 0.25) is 0 Å². The zero-order valence-electron chi connectivity index (χ0n) is 10.4. The van der Waals surface area contributed by atoms with Gasteiger partial charge in [-0.3, -0.25) is 4.79 Å². The van der Waals surface area contributed by atoms with Crippen molar-refractivity contribution in [2.24, 2.45) is 0 Å². The summed E-state index contributed by atoms with van der Waals surface area (Å²) < 4.78 is 9.77. The van der Waals surface area contributed by atoms with Crippen molar-refractivity contribution in [2.45, 2.75) is 18.8 Å². The van der Waals surface area contributed by atoms with E-state index in [1.54, 1.807) is 7.11 Å². The van der Waals surface area contributed by atoms with E-state index in [1.165, 1.54) is 7.11 Å². The largest absolute Gasteiger partial charge is 0.497 e. The van der Waals surface area contributed by atoms with Crippen LogP contribution in [0.2, 0.25) is 0 Å². The molecule has 0 aromatic heterocycles. The van der Waals surface area contributed by atoms with E-state index in [9.17, 15) is 9.90 Å². The molecule has 17 heavy (non-hydrogen) atoms. The molecule has 1 rings (SSSR count). The fraction of sp³-hybridized carbons (Fsp3) is 0.462. The summed E-state index contributed by atoms with van der Waals surface area (Å²) in [5, 5.41) is 9.50. The Balaban J connectivity index is 3.02. The van der Waals surface area contributed by atoms with Crippen molar-refractivity contribution in [3.63, 3.8) is 0 Å². The van der Waals surface area contributed by atoms with Crippen LogP contribution in [0, 0.1) is 0 Å². The number of aliphatic hydroxyl groups is 1. The van der Waals surface area contributed by atoms with Gasteiger partial charge >= 0.3 is 5.97 Å². The Morgan fingerprint density at radius 3 is 2.65 bits per heavy atom. The molecule has 0 saturated carbocycles. The van der Waals surface area contributed by atoms with Gasteiger partial charge in [-0.25, -0.2) is 0 Å². The quantitative estimate of drug-likeness (QED) is 0.790. The number of hydrogen-bond acceptors (Lipinski definition) is 4. The standard InChI is InChI=1S/C13H18O4/c1-13(9-14,8-12(15)17-3)10-5-4-6-11(7-10)16-2/h4-7,14H,8-9H2,1-3H3. The first-order valence-corrected chi connectivity index (χ1v) is 5.38. The molecule has 0 aliphatic carbocycles. The van der Waals surface area contributed by atoms with E-state index in [2.05, 4.69) is 4.74 Å². The number of aliphatic hydroxyl groups excluding tert-OH is 1. The first-order chi connectivity index (χ1) is 8.05. The summed E-state index contributed by atoms with van der Waals surface area (Å²) in [6.45, 7) is 1.69. The van der Waals surface area contributed by atoms with Crippen LogP contribution in [0.4, 0.5) is 0 Å². The second kappa shape index (κ2) is 5.68. The summed E-state index contributed by atoms with van der Waals surface area (Å²) in [5.41, 5.74) is 0.200. The molecular weight excluding hydrogens is 220 g/mol. The topological polar surface area (TPSA) is 55.8 Å². The second-order valence-corrected chi connectivity index (χ2v) is 4.20. The summed E-state index contributed by atoms with van der Waals surface area (Å²) in [6, 6.07) is 7.33. The third kappa shape index (κ3) is 3.20. The first kappa shape index (κ1) is 13.5. The molecule has 0 bridgehead atoms. The fourth-order valence-corrected chi connectivity index (χ4v) is 1.64. The smallest absolute Gasteiger partial charge is 0.306 e. The molecule has 0 amide bonds. The van der Waals surface area contributed by atoms with Gasteiger partial charge in [0.1, 0.15) is 5.75 Å². The Hall–Kier alpha value is -1.55. The van der Waals surface area contributed by atoms with E-state index < -0.39 is 5.41 Å². The predicted molar refractivity (Wildman–Crippen MR) is 64.1 cm³/mol. The molecule has 0 fully saturated rings. The summed E-state index contributed by atoms with van der Waals surface area (Å²) in [6.07, 6.45) is 0.132. The van der Waals surface area contributed by atoms with Crippen molar-refractivity contribution in [1.82, 2.24) is 0 Å². The maximum absolute atomic E-state index is 11.3. The minimum atomic E-state index is -0.651. The number of benzene rings is 1. The Morgan fingerprint density at radius 2 is 2.12 bits per heavy atom. The maximum atomic E-state index is 11.3. The fourth-order valence-electron chi connectivity index (χ4n) is 1.64. The lowest BCUT2D eigenvalue weighted by molar-refractivity contribution is -0.142. The number of hydrogen-bond donors (Lipinski definition) is 1. The van der Waals surface area contributed by atoms with Crippen LogP contribution in [0.5, 0.6) is 5.75 Å². The van der Waals surface area contributed by atoms with Crippen LogP contribution >= 0.6 is 0 Å². The molecule has 4 heteroatoms. The van der Waals surface area contributed by atoms with Crippen molar-refractivity contribution in [3.05, 3.63) is 29.8 Å². The molecule has 1 unspecified atom stereocenters. The van der Waals surface area contributed by atoms with E-state index in [0.29, 0.717) is 5.75 Å². The minimum Gasteiger partial charge on any atom is -0.497 e. The van der Waals surface area contributed by atoms with Crippen LogP contribution in [0.15, 0.2) is 24.3 Å². The van der Waals surface area contributed by atoms with E-state index >= 15 is 0 Å². The molecule has 0 saturated heterocycles. The Morgan fingerprint density at radius 1 is 1.41 bits per heavy atom. The van der Waals surface area contributed by atoms with Gasteiger partial charge < -0.3 is 14.6 Å². The Kier molecular flexibility index (Phi) is 4.52. The first-order valence-electron chi connectivity index (χ1n) is 5.38. The number of carbonyl (C=O) groups excluding carboxylic acids is 1. The van der Waals surface area contributed by atoms with Crippen molar-refractivity contribution in [3.8, 4) is 5.75 Å². The molecule has 0 radical (unpaired) electrons. The molecule has 94 valence electrons. The van der Waals surface area contributed by atoms with Gasteiger partial charge in [-0.2, -0.15) is 0 Å². The lowest BCUT2D eigenvalue weighted by Gasteiger charge is -2.26. The van der Waals surface area contributed by atoms with Gasteiger partial charge in [-0.05, 0) is 17.7 Å². The van der Waals surface area contributed by atoms with Gasteiger partial charge in [-0.1, -0.05) is 19.1 Å². The highest BCUT2D eigenvalue weighted by atomic mass is 16.5. The highest BCUT2D eigenvalue weighted by Gasteiger charge is 2.29. The lowest BCUT2D eigenvalue weighted by Crippen LogP contribution is -2.30. The zero-order chi connectivity index (χ0) is 12.9.